The summed E-state index contributed by atoms with van der Waals surface area (Å²) in [6.07, 6.45) is 8.94. The van der Waals surface area contributed by atoms with Crippen LogP contribution in [0.4, 0.5) is 4.79 Å². The minimum absolute atomic E-state index is 0.0397. The standard InChI is InChI=1S/C15H19N5O/c21-15(20-13-8-3-9-16-14(13)17-18-20)19-10-4-6-11-5-1-2-7-12(11)19/h3,8-9,11-12H,1-2,4-7,10H2. The number of amides is 1. The molecule has 2 aromatic rings. The highest BCUT2D eigenvalue weighted by molar-refractivity contribution is 5.86. The van der Waals surface area contributed by atoms with Gasteiger partial charge in [-0.05, 0) is 43.7 Å². The highest BCUT2D eigenvalue weighted by Gasteiger charge is 2.36. The van der Waals surface area contributed by atoms with Gasteiger partial charge in [-0.25, -0.2) is 9.78 Å². The molecule has 2 unspecified atom stereocenters. The lowest BCUT2D eigenvalue weighted by Gasteiger charge is -2.43. The van der Waals surface area contributed by atoms with E-state index in [0.29, 0.717) is 23.1 Å². The summed E-state index contributed by atoms with van der Waals surface area (Å²) in [5, 5.41) is 8.01. The number of carbonyl (C=O) groups excluding carboxylic acids is 1. The van der Waals surface area contributed by atoms with Crippen molar-refractivity contribution in [1.29, 1.82) is 0 Å². The van der Waals surface area contributed by atoms with Gasteiger partial charge in [-0.2, -0.15) is 4.68 Å². The average Bonchev–Trinajstić information content (AvgIpc) is 2.98. The molecule has 4 rings (SSSR count). The Labute approximate surface area is 123 Å². The van der Waals surface area contributed by atoms with Crippen LogP contribution in [0.3, 0.4) is 0 Å². The number of nitrogens with zero attached hydrogens (tertiary/aromatic N) is 5. The second-order valence-corrected chi connectivity index (χ2v) is 6.08. The van der Waals surface area contributed by atoms with E-state index in [1.54, 1.807) is 6.20 Å². The smallest absolute Gasteiger partial charge is 0.320 e. The van der Waals surface area contributed by atoms with Gasteiger partial charge < -0.3 is 4.90 Å². The maximum absolute atomic E-state index is 12.9. The van der Waals surface area contributed by atoms with Crippen molar-refractivity contribution in [3.8, 4) is 0 Å². The first-order valence-corrected chi connectivity index (χ1v) is 7.82. The second-order valence-electron chi connectivity index (χ2n) is 6.08. The Morgan fingerprint density at radius 3 is 3.00 bits per heavy atom. The van der Waals surface area contributed by atoms with Crippen LogP contribution in [0.1, 0.15) is 38.5 Å². The molecule has 0 N–H and O–H groups in total. The number of aromatic nitrogens is 4. The number of fused-ring (bicyclic) bond motifs is 2. The van der Waals surface area contributed by atoms with Gasteiger partial charge in [0.15, 0.2) is 0 Å². The van der Waals surface area contributed by atoms with Gasteiger partial charge in [-0.1, -0.05) is 18.1 Å². The van der Waals surface area contributed by atoms with E-state index in [-0.39, 0.29) is 6.03 Å². The normalized spacial score (nSPS) is 25.8. The summed E-state index contributed by atoms with van der Waals surface area (Å²) in [6, 6.07) is 4.01. The van der Waals surface area contributed by atoms with Crippen LogP contribution in [0.15, 0.2) is 18.3 Å². The Kier molecular flexibility index (Phi) is 3.09. The lowest BCUT2D eigenvalue weighted by molar-refractivity contribution is 0.0837. The molecule has 0 aromatic carbocycles. The second kappa shape index (κ2) is 5.09. The van der Waals surface area contributed by atoms with Crippen LogP contribution in [0, 0.1) is 5.92 Å². The third kappa shape index (κ3) is 2.09. The zero-order chi connectivity index (χ0) is 14.2. The molecular formula is C15H19N5O. The molecule has 0 radical (unpaired) electrons. The summed E-state index contributed by atoms with van der Waals surface area (Å²) in [7, 11) is 0. The van der Waals surface area contributed by atoms with Crippen molar-refractivity contribution in [3.63, 3.8) is 0 Å². The minimum Gasteiger partial charge on any atom is -0.320 e. The number of pyridine rings is 1. The molecule has 2 aliphatic rings. The fourth-order valence-electron chi connectivity index (χ4n) is 3.89. The van der Waals surface area contributed by atoms with Crippen LogP contribution in [0.2, 0.25) is 0 Å². The van der Waals surface area contributed by atoms with Gasteiger partial charge in [0.05, 0.1) is 0 Å². The van der Waals surface area contributed by atoms with E-state index in [1.165, 1.54) is 30.4 Å². The van der Waals surface area contributed by atoms with E-state index < -0.39 is 0 Å². The van der Waals surface area contributed by atoms with Crippen molar-refractivity contribution in [1.82, 2.24) is 24.9 Å². The van der Waals surface area contributed by atoms with E-state index in [0.717, 1.165) is 19.4 Å². The first-order valence-electron chi connectivity index (χ1n) is 7.82. The summed E-state index contributed by atoms with van der Waals surface area (Å²) >= 11 is 0. The number of hydrogen-bond acceptors (Lipinski definition) is 4. The van der Waals surface area contributed by atoms with Gasteiger partial charge in [0.1, 0.15) is 5.52 Å². The highest BCUT2D eigenvalue weighted by Crippen LogP contribution is 2.35. The van der Waals surface area contributed by atoms with Gasteiger partial charge in [0, 0.05) is 18.8 Å². The predicted molar refractivity (Wildman–Crippen MR) is 77.8 cm³/mol. The van der Waals surface area contributed by atoms with Crippen LogP contribution >= 0.6 is 0 Å². The maximum Gasteiger partial charge on any atom is 0.347 e. The Hall–Kier alpha value is -1.98. The minimum atomic E-state index is -0.0397. The summed E-state index contributed by atoms with van der Waals surface area (Å²) in [5.74, 6) is 0.671. The number of carbonyl (C=O) groups is 1. The van der Waals surface area contributed by atoms with Crippen molar-refractivity contribution in [2.24, 2.45) is 5.92 Å². The summed E-state index contributed by atoms with van der Waals surface area (Å²) < 4.78 is 1.42. The first kappa shape index (κ1) is 12.7. The largest absolute Gasteiger partial charge is 0.347 e. The number of likely N-dealkylation sites (tertiary alicyclic amines) is 1. The van der Waals surface area contributed by atoms with Crippen LogP contribution in [-0.2, 0) is 0 Å². The van der Waals surface area contributed by atoms with Crippen molar-refractivity contribution in [2.45, 2.75) is 44.6 Å². The van der Waals surface area contributed by atoms with Gasteiger partial charge in [0.25, 0.3) is 0 Å². The molecule has 2 atom stereocenters. The number of hydrogen-bond donors (Lipinski definition) is 0. The SMILES string of the molecule is O=C(N1CCCC2CCCCC21)n1nnc2ncccc21. The third-order valence-corrected chi connectivity index (χ3v) is 4.89. The molecule has 1 saturated heterocycles. The van der Waals surface area contributed by atoms with Gasteiger partial charge in [-0.3, -0.25) is 0 Å². The average molecular weight is 285 g/mol. The van der Waals surface area contributed by atoms with Gasteiger partial charge >= 0.3 is 6.03 Å². The number of piperidine rings is 1. The summed E-state index contributed by atoms with van der Waals surface area (Å²) in [5.41, 5.74) is 1.23. The molecule has 1 saturated carbocycles. The molecule has 1 aliphatic carbocycles. The quantitative estimate of drug-likeness (QED) is 0.746. The first-order chi connectivity index (χ1) is 10.3. The Morgan fingerprint density at radius 2 is 2.05 bits per heavy atom. The van der Waals surface area contributed by atoms with Gasteiger partial charge in [-0.15, -0.1) is 5.10 Å². The lowest BCUT2D eigenvalue weighted by Crippen LogP contribution is -2.51. The molecule has 6 nitrogen and oxygen atoms in total. The molecule has 110 valence electrons. The molecular weight excluding hydrogens is 266 g/mol. The molecule has 0 bridgehead atoms. The van der Waals surface area contributed by atoms with E-state index in [4.69, 9.17) is 0 Å². The van der Waals surface area contributed by atoms with Crippen LogP contribution in [0.25, 0.3) is 11.2 Å². The van der Waals surface area contributed by atoms with Gasteiger partial charge in [0.2, 0.25) is 5.65 Å². The topological polar surface area (TPSA) is 63.9 Å². The van der Waals surface area contributed by atoms with E-state index in [2.05, 4.69) is 15.3 Å². The third-order valence-electron chi connectivity index (χ3n) is 4.89. The Bertz CT molecular complexity index is 665. The van der Waals surface area contributed by atoms with E-state index in [1.807, 2.05) is 17.0 Å². The zero-order valence-electron chi connectivity index (χ0n) is 12.0. The molecule has 21 heavy (non-hydrogen) atoms. The van der Waals surface area contributed by atoms with Crippen molar-refractivity contribution < 1.29 is 4.79 Å². The van der Waals surface area contributed by atoms with Crippen LogP contribution in [0.5, 0.6) is 0 Å². The number of rotatable bonds is 0. The van der Waals surface area contributed by atoms with Crippen LogP contribution < -0.4 is 0 Å². The molecule has 2 aromatic heterocycles. The molecule has 2 fully saturated rings. The van der Waals surface area contributed by atoms with Crippen LogP contribution in [-0.4, -0.2) is 43.5 Å². The predicted octanol–water partition coefficient (Wildman–Crippen LogP) is 2.45. The highest BCUT2D eigenvalue weighted by atomic mass is 16.2. The fraction of sp³-hybridized carbons (Fsp3) is 0.600. The van der Waals surface area contributed by atoms with Crippen molar-refractivity contribution in [2.75, 3.05) is 6.54 Å². The molecule has 3 heterocycles. The van der Waals surface area contributed by atoms with Crippen molar-refractivity contribution >= 4 is 17.2 Å². The maximum atomic E-state index is 12.9. The fourth-order valence-corrected chi connectivity index (χ4v) is 3.89. The molecule has 1 amide bonds. The molecule has 1 aliphatic heterocycles. The van der Waals surface area contributed by atoms with Crippen molar-refractivity contribution in [3.05, 3.63) is 18.3 Å². The molecule has 6 heteroatoms. The Morgan fingerprint density at radius 1 is 1.19 bits per heavy atom. The van der Waals surface area contributed by atoms with E-state index >= 15 is 0 Å². The summed E-state index contributed by atoms with van der Waals surface area (Å²) in [6.45, 7) is 0.835. The molecule has 0 spiro atoms. The summed E-state index contributed by atoms with van der Waals surface area (Å²) in [4.78, 5) is 19.1. The zero-order valence-corrected chi connectivity index (χ0v) is 12.0. The lowest BCUT2D eigenvalue weighted by atomic mass is 9.78. The monoisotopic (exact) mass is 285 g/mol. The Balaban J connectivity index is 1.67. The van der Waals surface area contributed by atoms with E-state index in [9.17, 15) is 4.79 Å².